The summed E-state index contributed by atoms with van der Waals surface area (Å²) in [7, 11) is 3.52. The van der Waals surface area contributed by atoms with Crippen molar-refractivity contribution in [3.05, 3.63) is 23.8 Å². The molecule has 0 radical (unpaired) electrons. The Balaban J connectivity index is 1.54. The van der Waals surface area contributed by atoms with E-state index in [0.29, 0.717) is 12.6 Å². The molecule has 0 spiro atoms. The largest absolute Gasteiger partial charge is 0.493 e. The Kier molecular flexibility index (Phi) is 7.83. The van der Waals surface area contributed by atoms with Gasteiger partial charge in [0.25, 0.3) is 0 Å². The topological polar surface area (TPSA) is 58.1 Å². The number of nitrogens with zero attached hydrogens (tertiary/aromatic N) is 2. The van der Waals surface area contributed by atoms with Crippen molar-refractivity contribution in [3.63, 3.8) is 0 Å². The fraction of sp³-hybridized carbons (Fsp3) is 0.682. The quantitative estimate of drug-likeness (QED) is 0.476. The molecular weight excluding hydrogens is 352 g/mol. The predicted molar refractivity (Wildman–Crippen MR) is 114 cm³/mol. The first-order valence-electron chi connectivity index (χ1n) is 10.8. The average Bonchev–Trinajstić information content (AvgIpc) is 3.44. The van der Waals surface area contributed by atoms with Crippen LogP contribution in [0, 0.1) is 0 Å². The number of aliphatic imine (C=N–C) groups is 1. The lowest BCUT2D eigenvalue weighted by Gasteiger charge is -2.22. The van der Waals surface area contributed by atoms with E-state index in [1.807, 2.05) is 19.2 Å². The van der Waals surface area contributed by atoms with Crippen molar-refractivity contribution in [2.75, 3.05) is 33.8 Å². The monoisotopic (exact) mass is 388 g/mol. The van der Waals surface area contributed by atoms with E-state index >= 15 is 0 Å². The highest BCUT2D eigenvalue weighted by Crippen LogP contribution is 2.34. The van der Waals surface area contributed by atoms with Gasteiger partial charge >= 0.3 is 0 Å². The Morgan fingerprint density at radius 3 is 2.61 bits per heavy atom. The Labute approximate surface area is 169 Å². The van der Waals surface area contributed by atoms with Crippen LogP contribution in [0.4, 0.5) is 0 Å². The maximum Gasteiger partial charge on any atom is 0.191 e. The van der Waals surface area contributed by atoms with E-state index in [2.05, 4.69) is 33.5 Å². The highest BCUT2D eigenvalue weighted by atomic mass is 16.5. The third-order valence-corrected chi connectivity index (χ3v) is 5.70. The second-order valence-electron chi connectivity index (χ2n) is 7.69. The molecule has 1 aromatic rings. The number of hydrogen-bond acceptors (Lipinski definition) is 4. The molecule has 6 nitrogen and oxygen atoms in total. The first-order chi connectivity index (χ1) is 13.7. The van der Waals surface area contributed by atoms with Crippen molar-refractivity contribution < 1.29 is 9.47 Å². The van der Waals surface area contributed by atoms with E-state index in [9.17, 15) is 0 Å². The summed E-state index contributed by atoms with van der Waals surface area (Å²) >= 11 is 0. The van der Waals surface area contributed by atoms with Crippen LogP contribution in [0.3, 0.4) is 0 Å². The minimum atomic E-state index is 0.301. The fourth-order valence-corrected chi connectivity index (χ4v) is 3.92. The number of methoxy groups -OCH3 is 1. The molecule has 1 aromatic carbocycles. The molecule has 156 valence electrons. The molecule has 0 heterocycles. The zero-order valence-electron chi connectivity index (χ0n) is 17.7. The third-order valence-electron chi connectivity index (χ3n) is 5.70. The predicted octanol–water partition coefficient (Wildman–Crippen LogP) is 3.17. The Morgan fingerprint density at radius 1 is 1.18 bits per heavy atom. The maximum atomic E-state index is 6.32. The smallest absolute Gasteiger partial charge is 0.191 e. The molecule has 0 unspecified atom stereocenters. The van der Waals surface area contributed by atoms with Gasteiger partial charge in [-0.3, -0.25) is 9.89 Å². The molecule has 2 N–H and O–H groups in total. The molecule has 0 bridgehead atoms. The SMILES string of the molecule is CCN(CCNC(=NC)NCc1cccc(OC)c1OC1CCCC1)C1CC1. The molecule has 6 heteroatoms. The maximum absolute atomic E-state index is 6.32. The molecule has 2 aliphatic rings. The van der Waals surface area contributed by atoms with Crippen molar-refractivity contribution in [2.24, 2.45) is 4.99 Å². The van der Waals surface area contributed by atoms with Crippen LogP contribution in [0.5, 0.6) is 11.5 Å². The minimum Gasteiger partial charge on any atom is -0.493 e. The van der Waals surface area contributed by atoms with E-state index in [0.717, 1.165) is 61.5 Å². The standard InChI is InChI=1S/C22H36N4O2/c1-4-26(18-12-13-18)15-14-24-22(23-2)25-16-17-8-7-11-20(27-3)21(17)28-19-9-5-6-10-19/h7-8,11,18-19H,4-6,9-10,12-16H2,1-3H3,(H2,23,24,25). The molecule has 28 heavy (non-hydrogen) atoms. The number of rotatable bonds is 10. The van der Waals surface area contributed by atoms with E-state index < -0.39 is 0 Å². The van der Waals surface area contributed by atoms with Crippen LogP contribution >= 0.6 is 0 Å². The third kappa shape index (κ3) is 5.77. The summed E-state index contributed by atoms with van der Waals surface area (Å²) in [5.41, 5.74) is 1.10. The lowest BCUT2D eigenvalue weighted by molar-refractivity contribution is 0.198. The van der Waals surface area contributed by atoms with Crippen LogP contribution in [0.2, 0.25) is 0 Å². The molecule has 0 saturated heterocycles. The van der Waals surface area contributed by atoms with E-state index in [1.165, 1.54) is 25.7 Å². The van der Waals surface area contributed by atoms with Crippen LogP contribution < -0.4 is 20.1 Å². The Hall–Kier alpha value is -1.95. The van der Waals surface area contributed by atoms with Gasteiger partial charge in [-0.05, 0) is 51.1 Å². The molecule has 0 amide bonds. The van der Waals surface area contributed by atoms with Crippen molar-refractivity contribution in [1.82, 2.24) is 15.5 Å². The number of para-hydroxylation sites is 1. The van der Waals surface area contributed by atoms with Gasteiger partial charge in [-0.15, -0.1) is 0 Å². The van der Waals surface area contributed by atoms with Crippen LogP contribution in [0.1, 0.15) is 51.0 Å². The van der Waals surface area contributed by atoms with E-state index in [-0.39, 0.29) is 0 Å². The first-order valence-corrected chi connectivity index (χ1v) is 10.8. The van der Waals surface area contributed by atoms with Gasteiger partial charge in [-0.1, -0.05) is 19.1 Å². The molecule has 0 aromatic heterocycles. The summed E-state index contributed by atoms with van der Waals surface area (Å²) in [6.45, 7) is 5.95. The normalized spacial score (nSPS) is 17.8. The molecular formula is C22H36N4O2. The summed E-state index contributed by atoms with van der Waals surface area (Å²) in [4.78, 5) is 6.90. The van der Waals surface area contributed by atoms with Crippen molar-refractivity contribution >= 4 is 5.96 Å². The van der Waals surface area contributed by atoms with Crippen LogP contribution in [0.15, 0.2) is 23.2 Å². The number of hydrogen-bond donors (Lipinski definition) is 2. The highest BCUT2D eigenvalue weighted by molar-refractivity contribution is 5.79. The first kappa shape index (κ1) is 20.8. The van der Waals surface area contributed by atoms with E-state index in [4.69, 9.17) is 9.47 Å². The molecule has 2 saturated carbocycles. The second kappa shape index (κ2) is 10.6. The zero-order valence-corrected chi connectivity index (χ0v) is 17.7. The Bertz CT molecular complexity index is 639. The van der Waals surface area contributed by atoms with Crippen molar-refractivity contribution in [2.45, 2.75) is 64.1 Å². The average molecular weight is 389 g/mol. The van der Waals surface area contributed by atoms with Gasteiger partial charge in [0.15, 0.2) is 17.5 Å². The van der Waals surface area contributed by atoms with Crippen molar-refractivity contribution in [3.8, 4) is 11.5 Å². The lowest BCUT2D eigenvalue weighted by Crippen LogP contribution is -2.41. The fourth-order valence-electron chi connectivity index (χ4n) is 3.92. The van der Waals surface area contributed by atoms with Gasteiger partial charge in [-0.25, -0.2) is 0 Å². The number of nitrogens with one attached hydrogen (secondary N) is 2. The van der Waals surface area contributed by atoms with Crippen LogP contribution in [0.25, 0.3) is 0 Å². The number of benzene rings is 1. The summed E-state index contributed by atoms with van der Waals surface area (Å²) < 4.78 is 11.9. The number of likely N-dealkylation sites (N-methyl/N-ethyl adjacent to an activating group) is 1. The molecule has 0 atom stereocenters. The van der Waals surface area contributed by atoms with Crippen LogP contribution in [-0.2, 0) is 6.54 Å². The van der Waals surface area contributed by atoms with Crippen molar-refractivity contribution in [1.29, 1.82) is 0 Å². The van der Waals surface area contributed by atoms with Gasteiger partial charge < -0.3 is 20.1 Å². The zero-order chi connectivity index (χ0) is 19.8. The van der Waals surface area contributed by atoms with Gasteiger partial charge in [0.05, 0.1) is 13.2 Å². The summed E-state index contributed by atoms with van der Waals surface area (Å²) in [6.07, 6.45) is 7.75. The summed E-state index contributed by atoms with van der Waals surface area (Å²) in [5, 5.41) is 6.86. The Morgan fingerprint density at radius 2 is 1.96 bits per heavy atom. The number of guanidine groups is 1. The van der Waals surface area contributed by atoms with Gasteiger partial charge in [0.1, 0.15) is 0 Å². The number of ether oxygens (including phenoxy) is 2. The van der Waals surface area contributed by atoms with E-state index in [1.54, 1.807) is 7.11 Å². The minimum absolute atomic E-state index is 0.301. The molecule has 0 aliphatic heterocycles. The molecule has 3 rings (SSSR count). The summed E-state index contributed by atoms with van der Waals surface area (Å²) in [6, 6.07) is 6.88. The summed E-state index contributed by atoms with van der Waals surface area (Å²) in [5.74, 6) is 2.49. The van der Waals surface area contributed by atoms with Gasteiger partial charge in [-0.2, -0.15) is 0 Å². The lowest BCUT2D eigenvalue weighted by atomic mass is 10.1. The van der Waals surface area contributed by atoms with Gasteiger partial charge in [0.2, 0.25) is 0 Å². The molecule has 2 aliphatic carbocycles. The van der Waals surface area contributed by atoms with Crippen LogP contribution in [-0.4, -0.2) is 56.8 Å². The molecule has 2 fully saturated rings. The second-order valence-corrected chi connectivity index (χ2v) is 7.69. The highest BCUT2D eigenvalue weighted by Gasteiger charge is 2.27. The van der Waals surface area contributed by atoms with Gasteiger partial charge in [0, 0.05) is 38.3 Å².